The molecular weight excluding hydrogens is 257 g/mol. The highest BCUT2D eigenvalue weighted by Gasteiger charge is 2.21. The number of anilines is 1. The Morgan fingerprint density at radius 3 is 2.60 bits per heavy atom. The number of carbonyl (C=O) groups is 1. The van der Waals surface area contributed by atoms with Crippen LogP contribution in [0, 0.1) is 5.82 Å². The number of piperidine rings is 1. The molecule has 0 bridgehead atoms. The first-order valence-corrected chi connectivity index (χ1v) is 7.19. The van der Waals surface area contributed by atoms with Crippen LogP contribution in [-0.4, -0.2) is 43.0 Å². The van der Waals surface area contributed by atoms with E-state index in [4.69, 9.17) is 0 Å². The first kappa shape index (κ1) is 14.9. The second-order valence-electron chi connectivity index (χ2n) is 5.10. The minimum Gasteiger partial charge on any atom is -0.325 e. The molecule has 1 heterocycles. The molecule has 1 saturated heterocycles. The van der Waals surface area contributed by atoms with Gasteiger partial charge in [0.25, 0.3) is 0 Å². The topological polar surface area (TPSA) is 44.4 Å². The van der Waals surface area contributed by atoms with E-state index < -0.39 is 0 Å². The van der Waals surface area contributed by atoms with E-state index in [0.29, 0.717) is 18.3 Å². The van der Waals surface area contributed by atoms with Crippen LogP contribution in [0.4, 0.5) is 10.1 Å². The average Bonchev–Trinajstić information content (AvgIpc) is 2.48. The zero-order valence-corrected chi connectivity index (χ0v) is 11.9. The third-order valence-electron chi connectivity index (χ3n) is 3.71. The number of likely N-dealkylation sites (N-methyl/N-ethyl adjacent to an activating group) is 1. The molecule has 1 aromatic rings. The molecule has 0 aromatic heterocycles. The second-order valence-corrected chi connectivity index (χ2v) is 5.10. The molecule has 4 nitrogen and oxygen atoms in total. The van der Waals surface area contributed by atoms with Crippen LogP contribution in [0.1, 0.15) is 19.8 Å². The van der Waals surface area contributed by atoms with Crippen molar-refractivity contribution in [3.63, 3.8) is 0 Å². The summed E-state index contributed by atoms with van der Waals surface area (Å²) in [5, 5.41) is 6.14. The fourth-order valence-corrected chi connectivity index (χ4v) is 2.59. The normalized spacial score (nSPS) is 16.4. The first-order valence-electron chi connectivity index (χ1n) is 7.19. The minimum atomic E-state index is -0.298. The van der Waals surface area contributed by atoms with Gasteiger partial charge in [-0.05, 0) is 56.7 Å². The lowest BCUT2D eigenvalue weighted by Crippen LogP contribution is -2.46. The summed E-state index contributed by atoms with van der Waals surface area (Å²) >= 11 is 0. The van der Waals surface area contributed by atoms with Gasteiger partial charge in [-0.25, -0.2) is 4.39 Å². The van der Waals surface area contributed by atoms with E-state index in [1.807, 2.05) is 0 Å². The van der Waals surface area contributed by atoms with E-state index in [1.54, 1.807) is 12.1 Å². The van der Waals surface area contributed by atoms with Gasteiger partial charge >= 0.3 is 0 Å². The Hall–Kier alpha value is -1.46. The van der Waals surface area contributed by atoms with Crippen molar-refractivity contribution in [3.05, 3.63) is 30.1 Å². The van der Waals surface area contributed by atoms with Crippen molar-refractivity contribution in [2.75, 3.05) is 31.5 Å². The summed E-state index contributed by atoms with van der Waals surface area (Å²) in [5.41, 5.74) is 0.637. The molecule has 2 rings (SSSR count). The summed E-state index contributed by atoms with van der Waals surface area (Å²) in [6, 6.07) is 6.32. The number of benzene rings is 1. The molecule has 110 valence electrons. The Balaban J connectivity index is 1.86. The van der Waals surface area contributed by atoms with Gasteiger partial charge in [-0.3, -0.25) is 9.69 Å². The van der Waals surface area contributed by atoms with Crippen molar-refractivity contribution in [2.45, 2.75) is 25.8 Å². The lowest BCUT2D eigenvalue weighted by molar-refractivity contribution is -0.118. The number of nitrogens with zero attached hydrogens (tertiary/aromatic N) is 1. The maximum Gasteiger partial charge on any atom is 0.238 e. The molecule has 0 aliphatic carbocycles. The highest BCUT2D eigenvalue weighted by atomic mass is 19.1. The molecule has 2 N–H and O–H groups in total. The largest absolute Gasteiger partial charge is 0.325 e. The van der Waals surface area contributed by atoms with E-state index in [-0.39, 0.29) is 11.7 Å². The number of rotatable bonds is 5. The van der Waals surface area contributed by atoms with Gasteiger partial charge in [-0.2, -0.15) is 0 Å². The van der Waals surface area contributed by atoms with Crippen LogP contribution >= 0.6 is 0 Å². The first-order chi connectivity index (χ1) is 9.69. The molecule has 1 aromatic carbocycles. The van der Waals surface area contributed by atoms with Crippen molar-refractivity contribution < 1.29 is 9.18 Å². The van der Waals surface area contributed by atoms with E-state index >= 15 is 0 Å². The maximum atomic E-state index is 12.8. The second kappa shape index (κ2) is 7.36. The molecule has 1 aliphatic heterocycles. The molecule has 5 heteroatoms. The summed E-state index contributed by atoms with van der Waals surface area (Å²) in [4.78, 5) is 14.3. The van der Waals surface area contributed by atoms with Crippen molar-refractivity contribution in [1.29, 1.82) is 0 Å². The van der Waals surface area contributed by atoms with Gasteiger partial charge in [0.15, 0.2) is 0 Å². The number of hydrogen-bond acceptors (Lipinski definition) is 3. The maximum absolute atomic E-state index is 12.8. The molecule has 1 aliphatic rings. The number of halogens is 1. The van der Waals surface area contributed by atoms with Crippen LogP contribution in [0.15, 0.2) is 24.3 Å². The van der Waals surface area contributed by atoms with E-state index in [2.05, 4.69) is 22.5 Å². The van der Waals surface area contributed by atoms with Gasteiger partial charge in [0.2, 0.25) is 5.91 Å². The Morgan fingerprint density at radius 1 is 1.35 bits per heavy atom. The van der Waals surface area contributed by atoms with Crippen molar-refractivity contribution in [3.8, 4) is 0 Å². The number of carbonyl (C=O) groups excluding carboxylic acids is 1. The van der Waals surface area contributed by atoms with Crippen LogP contribution in [-0.2, 0) is 4.79 Å². The van der Waals surface area contributed by atoms with Crippen LogP contribution in [0.2, 0.25) is 0 Å². The third kappa shape index (κ3) is 4.28. The molecule has 0 radical (unpaired) electrons. The van der Waals surface area contributed by atoms with Gasteiger partial charge < -0.3 is 10.6 Å². The van der Waals surface area contributed by atoms with E-state index in [1.165, 1.54) is 12.1 Å². The van der Waals surface area contributed by atoms with Crippen molar-refractivity contribution >= 4 is 11.6 Å². The standard InChI is InChI=1S/C15H22FN3O/c1-2-19(14-7-9-17-10-8-14)11-15(20)18-13-5-3-12(16)4-6-13/h3-6,14,17H,2,7-11H2,1H3,(H,18,20). The molecule has 0 saturated carbocycles. The summed E-state index contributed by atoms with van der Waals surface area (Å²) in [6.45, 7) is 5.36. The predicted molar refractivity (Wildman–Crippen MR) is 78.2 cm³/mol. The van der Waals surface area contributed by atoms with Gasteiger partial charge in [0.1, 0.15) is 5.82 Å². The Morgan fingerprint density at radius 2 is 2.00 bits per heavy atom. The molecule has 0 spiro atoms. The highest BCUT2D eigenvalue weighted by Crippen LogP contribution is 2.12. The summed E-state index contributed by atoms with van der Waals surface area (Å²) < 4.78 is 12.8. The van der Waals surface area contributed by atoms with E-state index in [0.717, 1.165) is 32.5 Å². The quantitative estimate of drug-likeness (QED) is 0.864. The molecule has 0 atom stereocenters. The van der Waals surface area contributed by atoms with E-state index in [9.17, 15) is 9.18 Å². The average molecular weight is 279 g/mol. The smallest absolute Gasteiger partial charge is 0.238 e. The fraction of sp³-hybridized carbons (Fsp3) is 0.533. The molecule has 20 heavy (non-hydrogen) atoms. The number of hydrogen-bond donors (Lipinski definition) is 2. The Bertz CT molecular complexity index is 429. The van der Waals surface area contributed by atoms with Gasteiger partial charge in [-0.15, -0.1) is 0 Å². The highest BCUT2D eigenvalue weighted by molar-refractivity contribution is 5.92. The summed E-state index contributed by atoms with van der Waals surface area (Å²) in [7, 11) is 0. The fourth-order valence-electron chi connectivity index (χ4n) is 2.59. The Labute approximate surface area is 119 Å². The molecule has 1 amide bonds. The summed E-state index contributed by atoms with van der Waals surface area (Å²) in [5.74, 6) is -0.343. The lowest BCUT2D eigenvalue weighted by Gasteiger charge is -2.33. The zero-order valence-electron chi connectivity index (χ0n) is 11.9. The van der Waals surface area contributed by atoms with Gasteiger partial charge in [-0.1, -0.05) is 6.92 Å². The monoisotopic (exact) mass is 279 g/mol. The van der Waals surface area contributed by atoms with Crippen LogP contribution < -0.4 is 10.6 Å². The zero-order chi connectivity index (χ0) is 14.4. The molecule has 1 fully saturated rings. The number of nitrogens with one attached hydrogen (secondary N) is 2. The Kier molecular flexibility index (Phi) is 5.49. The minimum absolute atomic E-state index is 0.0445. The van der Waals surface area contributed by atoms with Crippen molar-refractivity contribution in [1.82, 2.24) is 10.2 Å². The molecule has 0 unspecified atom stereocenters. The third-order valence-corrected chi connectivity index (χ3v) is 3.71. The SMILES string of the molecule is CCN(CC(=O)Nc1ccc(F)cc1)C1CCNCC1. The van der Waals surface area contributed by atoms with Gasteiger partial charge in [0.05, 0.1) is 6.54 Å². The summed E-state index contributed by atoms with van der Waals surface area (Å²) in [6.07, 6.45) is 2.16. The van der Waals surface area contributed by atoms with Crippen LogP contribution in [0.25, 0.3) is 0 Å². The van der Waals surface area contributed by atoms with Crippen molar-refractivity contribution in [2.24, 2.45) is 0 Å². The van der Waals surface area contributed by atoms with Crippen LogP contribution in [0.3, 0.4) is 0 Å². The van der Waals surface area contributed by atoms with Crippen LogP contribution in [0.5, 0.6) is 0 Å². The predicted octanol–water partition coefficient (Wildman–Crippen LogP) is 1.84. The molecular formula is C15H22FN3O. The van der Waals surface area contributed by atoms with Gasteiger partial charge in [0, 0.05) is 11.7 Å². The number of amides is 1. The lowest BCUT2D eigenvalue weighted by atomic mass is 10.0.